The first-order chi connectivity index (χ1) is 8.95. The summed E-state index contributed by atoms with van der Waals surface area (Å²) in [5.41, 5.74) is 0. The molecule has 2 rings (SSSR count). The van der Waals surface area contributed by atoms with Crippen LogP contribution in [0.2, 0.25) is 0 Å². The SMILES string of the molecule is C(CCC1CO1)COCCOCCCCC1CO1. The summed E-state index contributed by atoms with van der Waals surface area (Å²) in [7, 11) is 0. The fourth-order valence-corrected chi connectivity index (χ4v) is 1.94. The van der Waals surface area contributed by atoms with E-state index in [1.807, 2.05) is 0 Å². The molecule has 4 heteroatoms. The molecule has 4 nitrogen and oxygen atoms in total. The predicted molar refractivity (Wildman–Crippen MR) is 68.8 cm³/mol. The first-order valence-electron chi connectivity index (χ1n) is 7.34. The smallest absolute Gasteiger partial charge is 0.0810 e. The molecule has 2 aliphatic heterocycles. The third-order valence-electron chi connectivity index (χ3n) is 3.31. The van der Waals surface area contributed by atoms with Crippen molar-refractivity contribution in [3.8, 4) is 0 Å². The first kappa shape index (κ1) is 14.3. The van der Waals surface area contributed by atoms with Crippen molar-refractivity contribution in [1.29, 1.82) is 0 Å². The van der Waals surface area contributed by atoms with Gasteiger partial charge in [0.25, 0.3) is 0 Å². The van der Waals surface area contributed by atoms with Crippen LogP contribution in [0.15, 0.2) is 0 Å². The molecule has 0 radical (unpaired) electrons. The predicted octanol–water partition coefficient (Wildman–Crippen LogP) is 2.16. The Morgan fingerprint density at radius 3 is 1.50 bits per heavy atom. The lowest BCUT2D eigenvalue weighted by Gasteiger charge is -2.05. The van der Waals surface area contributed by atoms with Gasteiger partial charge < -0.3 is 18.9 Å². The molecule has 0 bridgehead atoms. The van der Waals surface area contributed by atoms with Crippen molar-refractivity contribution in [2.24, 2.45) is 0 Å². The lowest BCUT2D eigenvalue weighted by atomic mass is 10.2. The standard InChI is InChI=1S/C14H26O4/c1(5-13-11-17-13)3-7-15-9-10-16-8-4-2-6-14-12-18-14/h13-14H,1-12H2. The van der Waals surface area contributed by atoms with Gasteiger partial charge in [0.05, 0.1) is 38.6 Å². The van der Waals surface area contributed by atoms with Gasteiger partial charge in [-0.05, 0) is 38.5 Å². The van der Waals surface area contributed by atoms with Gasteiger partial charge in [0.15, 0.2) is 0 Å². The summed E-state index contributed by atoms with van der Waals surface area (Å²) in [4.78, 5) is 0. The van der Waals surface area contributed by atoms with Crippen molar-refractivity contribution in [1.82, 2.24) is 0 Å². The fourth-order valence-electron chi connectivity index (χ4n) is 1.94. The molecule has 2 unspecified atom stereocenters. The van der Waals surface area contributed by atoms with E-state index in [0.717, 1.165) is 52.5 Å². The maximum atomic E-state index is 5.50. The average Bonchev–Trinajstić information content (AvgIpc) is 3.25. The van der Waals surface area contributed by atoms with Gasteiger partial charge in [0.1, 0.15) is 0 Å². The van der Waals surface area contributed by atoms with E-state index in [-0.39, 0.29) is 0 Å². The van der Waals surface area contributed by atoms with Crippen LogP contribution in [0, 0.1) is 0 Å². The summed E-state index contributed by atoms with van der Waals surface area (Å²) >= 11 is 0. The molecule has 2 saturated heterocycles. The molecule has 0 amide bonds. The van der Waals surface area contributed by atoms with E-state index in [0.29, 0.717) is 12.2 Å². The van der Waals surface area contributed by atoms with Crippen LogP contribution in [0.1, 0.15) is 38.5 Å². The molecular weight excluding hydrogens is 232 g/mol. The van der Waals surface area contributed by atoms with Crippen LogP contribution in [-0.4, -0.2) is 51.8 Å². The van der Waals surface area contributed by atoms with Crippen molar-refractivity contribution in [2.75, 3.05) is 39.6 Å². The van der Waals surface area contributed by atoms with E-state index in [4.69, 9.17) is 18.9 Å². The highest BCUT2D eigenvalue weighted by Gasteiger charge is 2.21. The Morgan fingerprint density at radius 1 is 0.667 bits per heavy atom. The van der Waals surface area contributed by atoms with Crippen LogP contribution in [0.3, 0.4) is 0 Å². The van der Waals surface area contributed by atoms with Crippen molar-refractivity contribution >= 4 is 0 Å². The molecule has 2 fully saturated rings. The summed E-state index contributed by atoms with van der Waals surface area (Å²) in [5.74, 6) is 0. The van der Waals surface area contributed by atoms with Gasteiger partial charge in [0, 0.05) is 13.2 Å². The zero-order chi connectivity index (χ0) is 12.5. The van der Waals surface area contributed by atoms with Crippen LogP contribution in [0.5, 0.6) is 0 Å². The highest BCUT2D eigenvalue weighted by atomic mass is 16.6. The second-order valence-corrected chi connectivity index (χ2v) is 5.13. The second kappa shape index (κ2) is 8.86. The molecular formula is C14H26O4. The minimum absolute atomic E-state index is 0.564. The van der Waals surface area contributed by atoms with E-state index < -0.39 is 0 Å². The summed E-state index contributed by atoms with van der Waals surface area (Å²) in [6, 6.07) is 0. The Bertz CT molecular complexity index is 180. The number of hydrogen-bond donors (Lipinski definition) is 0. The molecule has 0 spiro atoms. The van der Waals surface area contributed by atoms with E-state index in [1.54, 1.807) is 0 Å². The van der Waals surface area contributed by atoms with Crippen molar-refractivity contribution in [3.05, 3.63) is 0 Å². The van der Waals surface area contributed by atoms with E-state index in [9.17, 15) is 0 Å². The zero-order valence-corrected chi connectivity index (χ0v) is 11.3. The van der Waals surface area contributed by atoms with E-state index >= 15 is 0 Å². The van der Waals surface area contributed by atoms with Gasteiger partial charge in [-0.3, -0.25) is 0 Å². The third kappa shape index (κ3) is 8.03. The van der Waals surface area contributed by atoms with Crippen molar-refractivity contribution in [3.63, 3.8) is 0 Å². The van der Waals surface area contributed by atoms with Crippen LogP contribution >= 0.6 is 0 Å². The molecule has 0 aromatic carbocycles. The maximum Gasteiger partial charge on any atom is 0.0810 e. The van der Waals surface area contributed by atoms with Crippen molar-refractivity contribution < 1.29 is 18.9 Å². The van der Waals surface area contributed by atoms with Gasteiger partial charge >= 0.3 is 0 Å². The van der Waals surface area contributed by atoms with Crippen molar-refractivity contribution in [2.45, 2.75) is 50.7 Å². The third-order valence-corrected chi connectivity index (χ3v) is 3.31. The number of ether oxygens (including phenoxy) is 4. The average molecular weight is 258 g/mol. The molecule has 0 aromatic heterocycles. The molecule has 2 heterocycles. The number of rotatable bonds is 13. The van der Waals surface area contributed by atoms with Crippen LogP contribution in [0.4, 0.5) is 0 Å². The molecule has 106 valence electrons. The first-order valence-corrected chi connectivity index (χ1v) is 7.34. The minimum Gasteiger partial charge on any atom is -0.379 e. The molecule has 0 aromatic rings. The Labute approximate surface area is 110 Å². The summed E-state index contributed by atoms with van der Waals surface area (Å²) < 4.78 is 21.3. The zero-order valence-electron chi connectivity index (χ0n) is 11.3. The van der Waals surface area contributed by atoms with Crippen LogP contribution in [-0.2, 0) is 18.9 Å². The molecule has 0 aliphatic carbocycles. The lowest BCUT2D eigenvalue weighted by Crippen LogP contribution is -2.06. The Hall–Kier alpha value is -0.160. The fraction of sp³-hybridized carbons (Fsp3) is 1.00. The summed E-state index contributed by atoms with van der Waals surface area (Å²) in [6.45, 7) is 5.12. The van der Waals surface area contributed by atoms with E-state index in [2.05, 4.69) is 0 Å². The highest BCUT2D eigenvalue weighted by molar-refractivity contribution is 4.68. The van der Waals surface area contributed by atoms with Gasteiger partial charge in [0.2, 0.25) is 0 Å². The van der Waals surface area contributed by atoms with Gasteiger partial charge in [-0.2, -0.15) is 0 Å². The highest BCUT2D eigenvalue weighted by Crippen LogP contribution is 2.16. The second-order valence-electron chi connectivity index (χ2n) is 5.13. The Balaban J connectivity index is 1.19. The molecule has 2 atom stereocenters. The minimum atomic E-state index is 0.564. The van der Waals surface area contributed by atoms with Crippen LogP contribution < -0.4 is 0 Å². The molecule has 0 saturated carbocycles. The Morgan fingerprint density at radius 2 is 1.11 bits per heavy atom. The topological polar surface area (TPSA) is 43.5 Å². The lowest BCUT2D eigenvalue weighted by molar-refractivity contribution is 0.0447. The Kier molecular flexibility index (Phi) is 7.01. The number of unbranched alkanes of at least 4 members (excludes halogenated alkanes) is 2. The van der Waals surface area contributed by atoms with Gasteiger partial charge in [-0.15, -0.1) is 0 Å². The number of epoxide rings is 2. The number of hydrogen-bond acceptors (Lipinski definition) is 4. The largest absolute Gasteiger partial charge is 0.379 e. The van der Waals surface area contributed by atoms with E-state index in [1.165, 1.54) is 25.7 Å². The van der Waals surface area contributed by atoms with Gasteiger partial charge in [-0.25, -0.2) is 0 Å². The molecule has 2 aliphatic rings. The summed E-state index contributed by atoms with van der Waals surface area (Å²) in [6.07, 6.45) is 8.24. The molecule has 0 N–H and O–H groups in total. The maximum absolute atomic E-state index is 5.50. The quantitative estimate of drug-likeness (QED) is 0.375. The molecule has 18 heavy (non-hydrogen) atoms. The monoisotopic (exact) mass is 258 g/mol. The van der Waals surface area contributed by atoms with Gasteiger partial charge in [-0.1, -0.05) is 0 Å². The van der Waals surface area contributed by atoms with Crippen LogP contribution in [0.25, 0.3) is 0 Å². The normalized spacial score (nSPS) is 25.3. The summed E-state index contributed by atoms with van der Waals surface area (Å²) in [5, 5.41) is 0.